The van der Waals surface area contributed by atoms with Crippen LogP contribution in [0.4, 0.5) is 16.2 Å². The summed E-state index contributed by atoms with van der Waals surface area (Å²) in [5, 5.41) is 0. The molecule has 5 rings (SSSR count). The molecule has 0 unspecified atom stereocenters. The van der Waals surface area contributed by atoms with E-state index in [0.29, 0.717) is 29.3 Å². The molecule has 0 aliphatic carbocycles. The molecule has 1 aliphatic rings. The summed E-state index contributed by atoms with van der Waals surface area (Å²) in [6, 6.07) is 31.3. The van der Waals surface area contributed by atoms with Crippen molar-refractivity contribution in [1.82, 2.24) is 0 Å². The van der Waals surface area contributed by atoms with E-state index in [1.807, 2.05) is 24.3 Å². The molecule has 0 spiro atoms. The van der Waals surface area contributed by atoms with Crippen LogP contribution in [0.5, 0.6) is 5.75 Å². The standard InChI is InChI=1S/C30H21BrN2O4/c31-27-14-8-7-9-22(27)20-37-25-17-15-21(16-18-25)19-26-28(34)32(23-10-3-1-4-11-23)30(36)33(29(26)35)24-12-5-2-6-13-24/h1-19H,20H2. The normalized spacial score (nSPS) is 13.6. The van der Waals surface area contributed by atoms with Crippen LogP contribution in [0, 0.1) is 0 Å². The molecule has 1 saturated heterocycles. The van der Waals surface area contributed by atoms with Gasteiger partial charge >= 0.3 is 6.03 Å². The SMILES string of the molecule is O=C1C(=Cc2ccc(OCc3ccccc3Br)cc2)C(=O)N(c2ccccc2)C(=O)N1c1ccccc1. The summed E-state index contributed by atoms with van der Waals surface area (Å²) in [7, 11) is 0. The van der Waals surface area contributed by atoms with Gasteiger partial charge in [-0.2, -0.15) is 0 Å². The maximum atomic E-state index is 13.4. The molecule has 4 amide bonds. The second kappa shape index (κ2) is 10.6. The van der Waals surface area contributed by atoms with E-state index in [9.17, 15) is 14.4 Å². The number of halogens is 1. The van der Waals surface area contributed by atoms with Crippen LogP contribution in [0.2, 0.25) is 0 Å². The van der Waals surface area contributed by atoms with Gasteiger partial charge < -0.3 is 4.74 Å². The number of benzene rings is 4. The number of carbonyl (C=O) groups excluding carboxylic acids is 3. The quantitative estimate of drug-likeness (QED) is 0.199. The molecule has 1 fully saturated rings. The van der Waals surface area contributed by atoms with E-state index >= 15 is 0 Å². The zero-order valence-electron chi connectivity index (χ0n) is 19.6. The molecule has 6 nitrogen and oxygen atoms in total. The molecule has 7 heteroatoms. The van der Waals surface area contributed by atoms with Gasteiger partial charge in [-0.1, -0.05) is 82.7 Å². The van der Waals surface area contributed by atoms with Crippen molar-refractivity contribution in [3.8, 4) is 5.75 Å². The number of carbonyl (C=O) groups is 3. The predicted molar refractivity (Wildman–Crippen MR) is 146 cm³/mol. The lowest BCUT2D eigenvalue weighted by Crippen LogP contribution is -2.57. The molecule has 0 saturated carbocycles. The summed E-state index contributed by atoms with van der Waals surface area (Å²) in [6.07, 6.45) is 1.50. The van der Waals surface area contributed by atoms with Crippen LogP contribution in [0.25, 0.3) is 6.08 Å². The highest BCUT2D eigenvalue weighted by Crippen LogP contribution is 2.30. The summed E-state index contributed by atoms with van der Waals surface area (Å²) < 4.78 is 6.84. The second-order valence-electron chi connectivity index (χ2n) is 8.24. The van der Waals surface area contributed by atoms with E-state index in [-0.39, 0.29) is 5.57 Å². The molecule has 0 atom stereocenters. The van der Waals surface area contributed by atoms with Gasteiger partial charge in [0.05, 0.1) is 11.4 Å². The van der Waals surface area contributed by atoms with Crippen molar-refractivity contribution < 1.29 is 19.1 Å². The maximum absolute atomic E-state index is 13.4. The van der Waals surface area contributed by atoms with Crippen molar-refractivity contribution in [3.63, 3.8) is 0 Å². The van der Waals surface area contributed by atoms with Crippen LogP contribution < -0.4 is 14.5 Å². The number of imide groups is 2. The van der Waals surface area contributed by atoms with Crippen LogP contribution in [-0.4, -0.2) is 17.8 Å². The highest BCUT2D eigenvalue weighted by Gasteiger charge is 2.43. The molecule has 4 aromatic carbocycles. The summed E-state index contributed by atoms with van der Waals surface area (Å²) in [6.45, 7) is 0.388. The maximum Gasteiger partial charge on any atom is 0.343 e. The van der Waals surface area contributed by atoms with Gasteiger partial charge in [-0.05, 0) is 54.1 Å². The number of barbiturate groups is 1. The lowest BCUT2D eigenvalue weighted by Gasteiger charge is -2.33. The van der Waals surface area contributed by atoms with Crippen molar-refractivity contribution in [1.29, 1.82) is 0 Å². The number of ether oxygens (including phenoxy) is 1. The van der Waals surface area contributed by atoms with Gasteiger partial charge in [0.1, 0.15) is 17.9 Å². The molecule has 182 valence electrons. The minimum Gasteiger partial charge on any atom is -0.489 e. The predicted octanol–water partition coefficient (Wildman–Crippen LogP) is 6.61. The molecule has 0 bridgehead atoms. The fraction of sp³-hybridized carbons (Fsp3) is 0.0333. The minimum atomic E-state index is -0.722. The average molecular weight is 553 g/mol. The Morgan fingerprint density at radius 1 is 0.649 bits per heavy atom. The molecule has 0 N–H and O–H groups in total. The highest BCUT2D eigenvalue weighted by molar-refractivity contribution is 9.10. The molecule has 1 aliphatic heterocycles. The van der Waals surface area contributed by atoms with E-state index in [1.165, 1.54) is 6.08 Å². The van der Waals surface area contributed by atoms with Crippen LogP contribution in [-0.2, 0) is 16.2 Å². The van der Waals surface area contributed by atoms with Crippen molar-refractivity contribution in [2.24, 2.45) is 0 Å². The first-order valence-electron chi connectivity index (χ1n) is 11.5. The number of amides is 4. The van der Waals surface area contributed by atoms with Gasteiger partial charge in [-0.3, -0.25) is 9.59 Å². The topological polar surface area (TPSA) is 66.9 Å². The Bertz CT molecular complexity index is 1420. The van der Waals surface area contributed by atoms with E-state index < -0.39 is 17.8 Å². The third-order valence-electron chi connectivity index (χ3n) is 5.82. The van der Waals surface area contributed by atoms with Crippen molar-refractivity contribution in [2.75, 3.05) is 9.80 Å². The van der Waals surface area contributed by atoms with E-state index in [0.717, 1.165) is 19.8 Å². The van der Waals surface area contributed by atoms with Crippen LogP contribution in [0.15, 0.2) is 119 Å². The second-order valence-corrected chi connectivity index (χ2v) is 9.10. The molecule has 0 radical (unpaired) electrons. The largest absolute Gasteiger partial charge is 0.489 e. The van der Waals surface area contributed by atoms with E-state index in [4.69, 9.17) is 4.74 Å². The average Bonchev–Trinajstić information content (AvgIpc) is 2.93. The van der Waals surface area contributed by atoms with Crippen molar-refractivity contribution in [2.45, 2.75) is 6.61 Å². The molecular formula is C30H21BrN2O4. The number of para-hydroxylation sites is 2. The highest BCUT2D eigenvalue weighted by atomic mass is 79.9. The zero-order valence-corrected chi connectivity index (χ0v) is 21.2. The third-order valence-corrected chi connectivity index (χ3v) is 6.60. The van der Waals surface area contributed by atoms with E-state index in [1.54, 1.807) is 84.9 Å². The number of nitrogens with zero attached hydrogens (tertiary/aromatic N) is 2. The first-order valence-corrected chi connectivity index (χ1v) is 12.3. The number of anilines is 2. The lowest BCUT2D eigenvalue weighted by atomic mass is 10.0. The Labute approximate surface area is 222 Å². The Morgan fingerprint density at radius 3 is 1.70 bits per heavy atom. The Kier molecular flexibility index (Phi) is 6.96. The van der Waals surface area contributed by atoms with Crippen LogP contribution in [0.1, 0.15) is 11.1 Å². The molecule has 37 heavy (non-hydrogen) atoms. The number of hydrogen-bond acceptors (Lipinski definition) is 4. The number of rotatable bonds is 6. The summed E-state index contributed by atoms with van der Waals surface area (Å²) >= 11 is 3.51. The van der Waals surface area contributed by atoms with Gasteiger partial charge in [0.15, 0.2) is 0 Å². The monoisotopic (exact) mass is 552 g/mol. The molecular weight excluding hydrogens is 532 g/mol. The third kappa shape index (κ3) is 5.08. The van der Waals surface area contributed by atoms with Gasteiger partial charge in [-0.25, -0.2) is 14.6 Å². The fourth-order valence-electron chi connectivity index (χ4n) is 3.94. The molecule has 0 aromatic heterocycles. The zero-order chi connectivity index (χ0) is 25.8. The Balaban J connectivity index is 1.45. The minimum absolute atomic E-state index is 0.116. The fourth-order valence-corrected chi connectivity index (χ4v) is 4.34. The van der Waals surface area contributed by atoms with Crippen LogP contribution >= 0.6 is 15.9 Å². The van der Waals surface area contributed by atoms with Gasteiger partial charge in [0.25, 0.3) is 11.8 Å². The smallest absolute Gasteiger partial charge is 0.343 e. The summed E-state index contributed by atoms with van der Waals surface area (Å²) in [5.41, 5.74) is 2.29. The van der Waals surface area contributed by atoms with Crippen molar-refractivity contribution in [3.05, 3.63) is 130 Å². The molecule has 1 heterocycles. The van der Waals surface area contributed by atoms with Crippen molar-refractivity contribution >= 4 is 51.2 Å². The summed E-state index contributed by atoms with van der Waals surface area (Å²) in [4.78, 5) is 42.3. The first-order chi connectivity index (χ1) is 18.0. The Hall–Kier alpha value is -4.49. The first kappa shape index (κ1) is 24.2. The van der Waals surface area contributed by atoms with Crippen LogP contribution in [0.3, 0.4) is 0 Å². The van der Waals surface area contributed by atoms with E-state index in [2.05, 4.69) is 15.9 Å². The number of hydrogen-bond donors (Lipinski definition) is 0. The van der Waals surface area contributed by atoms with Gasteiger partial charge in [0, 0.05) is 10.0 Å². The van der Waals surface area contributed by atoms with Gasteiger partial charge in [-0.15, -0.1) is 0 Å². The molecule has 4 aromatic rings. The number of urea groups is 1. The lowest BCUT2D eigenvalue weighted by molar-refractivity contribution is -0.121. The summed E-state index contributed by atoms with van der Waals surface area (Å²) in [5.74, 6) is -0.712. The Morgan fingerprint density at radius 2 is 1.16 bits per heavy atom. The van der Waals surface area contributed by atoms with Gasteiger partial charge in [0.2, 0.25) is 0 Å².